The zero-order valence-electron chi connectivity index (χ0n) is 16.3. The fourth-order valence-electron chi connectivity index (χ4n) is 4.80. The molecule has 0 unspecified atom stereocenters. The zero-order valence-corrected chi connectivity index (χ0v) is 16.3. The van der Waals surface area contributed by atoms with Gasteiger partial charge in [0, 0.05) is 55.6 Å². The summed E-state index contributed by atoms with van der Waals surface area (Å²) in [5.74, 6) is 1.95. The van der Waals surface area contributed by atoms with Crippen LogP contribution >= 0.6 is 0 Å². The van der Waals surface area contributed by atoms with Crippen molar-refractivity contribution in [3.63, 3.8) is 0 Å². The number of H-pyrrole nitrogens is 1. The Hall–Kier alpha value is -2.25. The molecule has 0 amide bonds. The Kier molecular flexibility index (Phi) is 4.64. The lowest BCUT2D eigenvalue weighted by atomic mass is 9.99. The predicted molar refractivity (Wildman–Crippen MR) is 106 cm³/mol. The fourth-order valence-corrected chi connectivity index (χ4v) is 4.80. The van der Waals surface area contributed by atoms with Crippen molar-refractivity contribution in [3.05, 3.63) is 35.7 Å². The number of ether oxygens (including phenoxy) is 2. The number of benzene rings is 1. The first-order chi connectivity index (χ1) is 13.7. The number of rotatable bonds is 4. The molecule has 2 fully saturated rings. The van der Waals surface area contributed by atoms with Crippen molar-refractivity contribution in [2.45, 2.75) is 38.3 Å². The number of hydrogen-bond donors (Lipinski definition) is 2. The highest BCUT2D eigenvalue weighted by Gasteiger charge is 2.36. The maximum absolute atomic E-state index is 10.6. The van der Waals surface area contributed by atoms with Gasteiger partial charge in [0.05, 0.1) is 11.8 Å². The quantitative estimate of drug-likeness (QED) is 0.839. The summed E-state index contributed by atoms with van der Waals surface area (Å²) in [6.07, 6.45) is 2.83. The second-order valence-electron chi connectivity index (χ2n) is 8.28. The maximum atomic E-state index is 10.6. The molecule has 2 N–H and O–H groups in total. The largest absolute Gasteiger partial charge is 0.454 e. The lowest BCUT2D eigenvalue weighted by Crippen LogP contribution is -2.44. The monoisotopic (exact) mass is 384 g/mol. The van der Waals surface area contributed by atoms with Gasteiger partial charge in [-0.1, -0.05) is 0 Å². The number of nitrogens with zero attached hydrogens (tertiary/aromatic N) is 3. The number of aliphatic hydroxyl groups excluding tert-OH is 1. The molecule has 2 aromatic rings. The lowest BCUT2D eigenvalue weighted by Gasteiger charge is -2.38. The highest BCUT2D eigenvalue weighted by molar-refractivity contribution is 5.57. The number of aromatic nitrogens is 2. The molecule has 0 bridgehead atoms. The molecule has 2 atom stereocenters. The van der Waals surface area contributed by atoms with Crippen molar-refractivity contribution in [2.75, 3.05) is 37.9 Å². The van der Waals surface area contributed by atoms with E-state index in [2.05, 4.69) is 38.2 Å². The number of piperidine rings is 1. The fraction of sp³-hybridized carbons (Fsp3) is 0.571. The van der Waals surface area contributed by atoms with Crippen LogP contribution in [0.4, 0.5) is 5.69 Å². The van der Waals surface area contributed by atoms with Gasteiger partial charge in [0.2, 0.25) is 6.79 Å². The number of aryl methyl sites for hydroxylation is 1. The molecule has 1 aromatic carbocycles. The van der Waals surface area contributed by atoms with Gasteiger partial charge < -0.3 is 19.5 Å². The van der Waals surface area contributed by atoms with E-state index >= 15 is 0 Å². The SMILES string of the molecule is Cc1cc(C[C@@H]2CN(C3CCN(c4ccc5c(c4)OCO5)CC3)C[C@H]2O)n[nH]1. The van der Waals surface area contributed by atoms with Gasteiger partial charge in [-0.05, 0) is 44.4 Å². The minimum Gasteiger partial charge on any atom is -0.454 e. The van der Waals surface area contributed by atoms with E-state index < -0.39 is 0 Å². The number of likely N-dealkylation sites (tertiary alicyclic amines) is 1. The minimum atomic E-state index is -0.260. The van der Waals surface area contributed by atoms with Gasteiger partial charge >= 0.3 is 0 Å². The Morgan fingerprint density at radius 1 is 1.14 bits per heavy atom. The topological polar surface area (TPSA) is 73.8 Å². The molecule has 0 aliphatic carbocycles. The standard InChI is InChI=1S/C21H28N4O3/c1-14-8-16(23-22-14)9-15-11-25(12-19(15)26)17-4-6-24(7-5-17)18-2-3-20-21(10-18)28-13-27-20/h2-3,8,10,15,17,19,26H,4-7,9,11-13H2,1H3,(H,22,23)/t15-,19-/m1/s1. The van der Waals surface area contributed by atoms with Crippen molar-refractivity contribution in [2.24, 2.45) is 5.92 Å². The molecule has 150 valence electrons. The number of aromatic amines is 1. The molecular formula is C21H28N4O3. The van der Waals surface area contributed by atoms with Crippen LogP contribution in [0.5, 0.6) is 11.5 Å². The third kappa shape index (κ3) is 3.44. The van der Waals surface area contributed by atoms with Crippen LogP contribution in [0.15, 0.2) is 24.3 Å². The minimum absolute atomic E-state index is 0.260. The molecule has 0 saturated carbocycles. The van der Waals surface area contributed by atoms with Gasteiger partial charge in [0.15, 0.2) is 11.5 Å². The number of β-amino-alcohol motifs (C(OH)–C–C–N with tert-alkyl or cyclic N) is 1. The average Bonchev–Trinajstić information content (AvgIpc) is 3.42. The van der Waals surface area contributed by atoms with Crippen molar-refractivity contribution < 1.29 is 14.6 Å². The van der Waals surface area contributed by atoms with Crippen LogP contribution < -0.4 is 14.4 Å². The summed E-state index contributed by atoms with van der Waals surface area (Å²) in [5.41, 5.74) is 3.34. The molecule has 3 aliphatic rings. The van der Waals surface area contributed by atoms with E-state index in [0.717, 1.165) is 68.3 Å². The number of anilines is 1. The summed E-state index contributed by atoms with van der Waals surface area (Å²) < 4.78 is 10.9. The molecule has 7 nitrogen and oxygen atoms in total. The van der Waals surface area contributed by atoms with E-state index in [9.17, 15) is 5.11 Å². The van der Waals surface area contributed by atoms with Crippen LogP contribution in [0.25, 0.3) is 0 Å². The Balaban J connectivity index is 1.17. The highest BCUT2D eigenvalue weighted by atomic mass is 16.7. The van der Waals surface area contributed by atoms with E-state index in [4.69, 9.17) is 9.47 Å². The third-order valence-corrected chi connectivity index (χ3v) is 6.37. The molecule has 7 heteroatoms. The van der Waals surface area contributed by atoms with E-state index in [0.29, 0.717) is 12.8 Å². The molecule has 1 aromatic heterocycles. The second kappa shape index (κ2) is 7.29. The molecule has 3 aliphatic heterocycles. The summed E-state index contributed by atoms with van der Waals surface area (Å²) in [4.78, 5) is 4.92. The Labute approximate surface area is 165 Å². The molecule has 0 spiro atoms. The molecule has 0 radical (unpaired) electrons. The van der Waals surface area contributed by atoms with Gasteiger partial charge in [0.1, 0.15) is 0 Å². The van der Waals surface area contributed by atoms with Crippen LogP contribution in [0.2, 0.25) is 0 Å². The van der Waals surface area contributed by atoms with E-state index in [-0.39, 0.29) is 12.0 Å². The first-order valence-electron chi connectivity index (χ1n) is 10.2. The average molecular weight is 384 g/mol. The Morgan fingerprint density at radius 2 is 1.96 bits per heavy atom. The molecular weight excluding hydrogens is 356 g/mol. The van der Waals surface area contributed by atoms with Crippen LogP contribution in [-0.4, -0.2) is 65.3 Å². The van der Waals surface area contributed by atoms with Gasteiger partial charge in [-0.3, -0.25) is 10.00 Å². The van der Waals surface area contributed by atoms with E-state index in [1.54, 1.807) is 0 Å². The maximum Gasteiger partial charge on any atom is 0.231 e. The number of nitrogens with one attached hydrogen (secondary N) is 1. The third-order valence-electron chi connectivity index (χ3n) is 6.37. The molecule has 28 heavy (non-hydrogen) atoms. The van der Waals surface area contributed by atoms with Crippen LogP contribution in [-0.2, 0) is 6.42 Å². The summed E-state index contributed by atoms with van der Waals surface area (Å²) in [6, 6.07) is 8.84. The van der Waals surface area contributed by atoms with Crippen LogP contribution in [0.1, 0.15) is 24.2 Å². The van der Waals surface area contributed by atoms with Gasteiger partial charge in [0.25, 0.3) is 0 Å². The normalized spacial score (nSPS) is 25.6. The van der Waals surface area contributed by atoms with Crippen molar-refractivity contribution in [1.82, 2.24) is 15.1 Å². The predicted octanol–water partition coefficient (Wildman–Crippen LogP) is 1.95. The first-order valence-corrected chi connectivity index (χ1v) is 10.2. The highest BCUT2D eigenvalue weighted by Crippen LogP contribution is 2.36. The van der Waals surface area contributed by atoms with Crippen LogP contribution in [0.3, 0.4) is 0 Å². The molecule has 5 rings (SSSR count). The summed E-state index contributed by atoms with van der Waals surface area (Å²) >= 11 is 0. The van der Waals surface area contributed by atoms with E-state index in [1.807, 2.05) is 13.0 Å². The summed E-state index contributed by atoms with van der Waals surface area (Å²) in [5, 5.41) is 17.9. The van der Waals surface area contributed by atoms with Crippen LogP contribution in [0, 0.1) is 12.8 Å². The zero-order chi connectivity index (χ0) is 19.1. The van der Waals surface area contributed by atoms with Crippen molar-refractivity contribution >= 4 is 5.69 Å². The van der Waals surface area contributed by atoms with Gasteiger partial charge in [-0.2, -0.15) is 5.10 Å². The number of aliphatic hydroxyl groups is 1. The van der Waals surface area contributed by atoms with Gasteiger partial charge in [-0.15, -0.1) is 0 Å². The number of fused-ring (bicyclic) bond motifs is 1. The molecule has 4 heterocycles. The van der Waals surface area contributed by atoms with Crippen molar-refractivity contribution in [1.29, 1.82) is 0 Å². The lowest BCUT2D eigenvalue weighted by molar-refractivity contribution is 0.131. The summed E-state index contributed by atoms with van der Waals surface area (Å²) in [6.45, 7) is 6.13. The van der Waals surface area contributed by atoms with E-state index in [1.165, 1.54) is 5.69 Å². The van der Waals surface area contributed by atoms with Gasteiger partial charge in [-0.25, -0.2) is 0 Å². The van der Waals surface area contributed by atoms with Crippen molar-refractivity contribution in [3.8, 4) is 11.5 Å². The summed E-state index contributed by atoms with van der Waals surface area (Å²) in [7, 11) is 0. The smallest absolute Gasteiger partial charge is 0.231 e. The second-order valence-corrected chi connectivity index (χ2v) is 8.28. The molecule has 2 saturated heterocycles. The Morgan fingerprint density at radius 3 is 2.75 bits per heavy atom. The number of hydrogen-bond acceptors (Lipinski definition) is 6. The first kappa shape index (κ1) is 17.8. The Bertz CT molecular complexity index is 831.